The van der Waals surface area contributed by atoms with Crippen molar-refractivity contribution in [2.75, 3.05) is 18.6 Å². The SMILES string of the molecule is CCOC(=O)c1c(N(C)C(C)=O)nn(C)c1Br. The molecule has 1 amide bonds. The Morgan fingerprint density at radius 3 is 2.59 bits per heavy atom. The maximum Gasteiger partial charge on any atom is 0.344 e. The van der Waals surface area contributed by atoms with Crippen molar-refractivity contribution in [3.8, 4) is 0 Å². The first-order chi connectivity index (χ1) is 7.90. The number of halogens is 1. The van der Waals surface area contributed by atoms with Crippen molar-refractivity contribution in [2.45, 2.75) is 13.8 Å². The van der Waals surface area contributed by atoms with Crippen LogP contribution in [0.3, 0.4) is 0 Å². The van der Waals surface area contributed by atoms with Gasteiger partial charge in [-0.15, -0.1) is 0 Å². The molecule has 1 aromatic heterocycles. The number of esters is 1. The molecule has 0 spiro atoms. The highest BCUT2D eigenvalue weighted by Crippen LogP contribution is 2.27. The quantitative estimate of drug-likeness (QED) is 0.791. The second-order valence-corrected chi connectivity index (χ2v) is 4.16. The summed E-state index contributed by atoms with van der Waals surface area (Å²) < 4.78 is 6.89. The highest BCUT2D eigenvalue weighted by Gasteiger charge is 2.26. The molecule has 1 aromatic rings. The smallest absolute Gasteiger partial charge is 0.344 e. The largest absolute Gasteiger partial charge is 0.462 e. The van der Waals surface area contributed by atoms with Gasteiger partial charge >= 0.3 is 5.97 Å². The summed E-state index contributed by atoms with van der Waals surface area (Å²) >= 11 is 3.25. The average molecular weight is 304 g/mol. The van der Waals surface area contributed by atoms with E-state index in [1.165, 1.54) is 16.5 Å². The number of nitrogens with zero attached hydrogens (tertiary/aromatic N) is 3. The van der Waals surface area contributed by atoms with Crippen LogP contribution in [0.5, 0.6) is 0 Å². The molecule has 0 unspecified atom stereocenters. The van der Waals surface area contributed by atoms with E-state index in [9.17, 15) is 9.59 Å². The molecule has 0 saturated carbocycles. The van der Waals surface area contributed by atoms with Crippen LogP contribution in [0.25, 0.3) is 0 Å². The molecule has 6 nitrogen and oxygen atoms in total. The van der Waals surface area contributed by atoms with Gasteiger partial charge < -0.3 is 4.74 Å². The molecule has 0 atom stereocenters. The number of ether oxygens (including phenoxy) is 1. The summed E-state index contributed by atoms with van der Waals surface area (Å²) in [4.78, 5) is 24.4. The van der Waals surface area contributed by atoms with E-state index < -0.39 is 5.97 Å². The van der Waals surface area contributed by atoms with Gasteiger partial charge in [-0.05, 0) is 22.9 Å². The van der Waals surface area contributed by atoms with E-state index >= 15 is 0 Å². The molecule has 0 bridgehead atoms. The Hall–Kier alpha value is -1.37. The summed E-state index contributed by atoms with van der Waals surface area (Å²) in [5.74, 6) is -0.429. The molecule has 17 heavy (non-hydrogen) atoms. The van der Waals surface area contributed by atoms with E-state index in [4.69, 9.17) is 4.74 Å². The van der Waals surface area contributed by atoms with Crippen LogP contribution in [0.15, 0.2) is 4.60 Å². The maximum absolute atomic E-state index is 11.8. The minimum absolute atomic E-state index is 0.207. The third-order valence-corrected chi connectivity index (χ3v) is 3.14. The predicted molar refractivity (Wildman–Crippen MR) is 65.9 cm³/mol. The van der Waals surface area contributed by atoms with Gasteiger partial charge in [0.15, 0.2) is 5.82 Å². The van der Waals surface area contributed by atoms with Crippen molar-refractivity contribution in [2.24, 2.45) is 7.05 Å². The second kappa shape index (κ2) is 5.31. The lowest BCUT2D eigenvalue weighted by atomic mass is 10.3. The Balaban J connectivity index is 3.26. The zero-order valence-corrected chi connectivity index (χ0v) is 11.7. The highest BCUT2D eigenvalue weighted by molar-refractivity contribution is 9.10. The van der Waals surface area contributed by atoms with E-state index in [0.717, 1.165) is 0 Å². The van der Waals surface area contributed by atoms with Gasteiger partial charge in [0.1, 0.15) is 10.2 Å². The Morgan fingerprint density at radius 1 is 1.53 bits per heavy atom. The van der Waals surface area contributed by atoms with Crippen LogP contribution in [-0.2, 0) is 16.6 Å². The zero-order valence-electron chi connectivity index (χ0n) is 10.2. The fourth-order valence-corrected chi connectivity index (χ4v) is 1.67. The fraction of sp³-hybridized carbons (Fsp3) is 0.500. The molecule has 1 rings (SSSR count). The monoisotopic (exact) mass is 303 g/mol. The van der Waals surface area contributed by atoms with Gasteiger partial charge in [-0.1, -0.05) is 0 Å². The van der Waals surface area contributed by atoms with Gasteiger partial charge in [0.2, 0.25) is 5.91 Å². The summed E-state index contributed by atoms with van der Waals surface area (Å²) in [6, 6.07) is 0. The summed E-state index contributed by atoms with van der Waals surface area (Å²) in [5.41, 5.74) is 0.257. The fourth-order valence-electron chi connectivity index (χ4n) is 1.25. The molecule has 1 heterocycles. The van der Waals surface area contributed by atoms with Crippen molar-refractivity contribution >= 4 is 33.6 Å². The highest BCUT2D eigenvalue weighted by atomic mass is 79.9. The van der Waals surface area contributed by atoms with E-state index in [1.807, 2.05) is 0 Å². The number of carbonyl (C=O) groups excluding carboxylic acids is 2. The molecular formula is C10H14BrN3O3. The Kier molecular flexibility index (Phi) is 4.28. The Bertz CT molecular complexity index is 456. The second-order valence-electron chi connectivity index (χ2n) is 3.41. The number of aromatic nitrogens is 2. The predicted octanol–water partition coefficient (Wildman–Crippen LogP) is 1.34. The lowest BCUT2D eigenvalue weighted by Crippen LogP contribution is -2.25. The van der Waals surface area contributed by atoms with E-state index in [1.54, 1.807) is 21.0 Å². The minimum Gasteiger partial charge on any atom is -0.462 e. The Labute approximate surface area is 108 Å². The standard InChI is InChI=1S/C10H14BrN3O3/c1-5-17-10(16)7-8(11)14(4)12-9(7)13(3)6(2)15/h5H2,1-4H3. The molecule has 0 aliphatic heterocycles. The molecule has 0 aliphatic rings. The molecule has 0 aliphatic carbocycles. The van der Waals surface area contributed by atoms with Crippen molar-refractivity contribution in [3.05, 3.63) is 10.2 Å². The van der Waals surface area contributed by atoms with Crippen molar-refractivity contribution in [1.82, 2.24) is 9.78 Å². The van der Waals surface area contributed by atoms with Gasteiger partial charge in [0.05, 0.1) is 6.61 Å². The molecule has 0 fully saturated rings. The van der Waals surface area contributed by atoms with E-state index in [0.29, 0.717) is 4.60 Å². The Morgan fingerprint density at radius 2 is 2.12 bits per heavy atom. The van der Waals surface area contributed by atoms with Crippen LogP contribution in [0, 0.1) is 0 Å². The third-order valence-electron chi connectivity index (χ3n) is 2.23. The number of rotatable bonds is 3. The number of hydrogen-bond acceptors (Lipinski definition) is 4. The molecule has 0 N–H and O–H groups in total. The first kappa shape index (κ1) is 13.7. The van der Waals surface area contributed by atoms with Crippen LogP contribution in [0.2, 0.25) is 0 Å². The zero-order chi connectivity index (χ0) is 13.2. The molecular weight excluding hydrogens is 290 g/mol. The summed E-state index contributed by atoms with van der Waals surface area (Å²) in [6.07, 6.45) is 0. The van der Waals surface area contributed by atoms with Gasteiger partial charge in [-0.25, -0.2) is 4.79 Å². The third kappa shape index (κ3) is 2.66. The minimum atomic E-state index is -0.504. The van der Waals surface area contributed by atoms with Gasteiger partial charge in [-0.3, -0.25) is 14.4 Å². The lowest BCUT2D eigenvalue weighted by molar-refractivity contribution is -0.116. The van der Waals surface area contributed by atoms with Gasteiger partial charge in [0, 0.05) is 21.0 Å². The van der Waals surface area contributed by atoms with Crippen LogP contribution < -0.4 is 4.90 Å². The maximum atomic E-state index is 11.8. The van der Waals surface area contributed by atoms with Crippen LogP contribution >= 0.6 is 15.9 Å². The first-order valence-corrected chi connectivity index (χ1v) is 5.83. The van der Waals surface area contributed by atoms with Gasteiger partial charge in [0.25, 0.3) is 0 Å². The number of carbonyl (C=O) groups is 2. The lowest BCUT2D eigenvalue weighted by Gasteiger charge is -2.12. The first-order valence-electron chi connectivity index (χ1n) is 5.04. The molecule has 0 saturated heterocycles. The van der Waals surface area contributed by atoms with Crippen molar-refractivity contribution < 1.29 is 14.3 Å². The molecule has 7 heteroatoms. The van der Waals surface area contributed by atoms with Crippen LogP contribution in [0.4, 0.5) is 5.82 Å². The summed E-state index contributed by atoms with van der Waals surface area (Å²) in [6.45, 7) is 3.39. The normalized spacial score (nSPS) is 10.2. The number of amides is 1. The molecule has 0 aromatic carbocycles. The topological polar surface area (TPSA) is 64.4 Å². The van der Waals surface area contributed by atoms with Crippen LogP contribution in [-0.4, -0.2) is 35.3 Å². The average Bonchev–Trinajstić information content (AvgIpc) is 2.54. The van der Waals surface area contributed by atoms with Gasteiger partial charge in [-0.2, -0.15) is 5.10 Å². The van der Waals surface area contributed by atoms with Crippen molar-refractivity contribution in [3.63, 3.8) is 0 Å². The van der Waals surface area contributed by atoms with E-state index in [-0.39, 0.29) is 23.9 Å². The molecule has 0 radical (unpaired) electrons. The number of anilines is 1. The number of hydrogen-bond donors (Lipinski definition) is 0. The van der Waals surface area contributed by atoms with Crippen molar-refractivity contribution in [1.29, 1.82) is 0 Å². The van der Waals surface area contributed by atoms with Crippen LogP contribution in [0.1, 0.15) is 24.2 Å². The molecule has 94 valence electrons. The number of aryl methyl sites for hydroxylation is 1. The van der Waals surface area contributed by atoms with E-state index in [2.05, 4.69) is 21.0 Å². The summed E-state index contributed by atoms with van der Waals surface area (Å²) in [7, 11) is 3.23. The summed E-state index contributed by atoms with van der Waals surface area (Å²) in [5, 5.41) is 4.11.